The fourth-order valence-corrected chi connectivity index (χ4v) is 4.71. The highest BCUT2D eigenvalue weighted by molar-refractivity contribution is 5.90. The monoisotopic (exact) mass is 438 g/mol. The quantitative estimate of drug-likeness (QED) is 0.498. The molecule has 2 atom stereocenters. The molecule has 1 aliphatic heterocycles. The number of carbonyl (C=O) groups excluding carboxylic acids is 1. The van der Waals surface area contributed by atoms with Crippen molar-refractivity contribution in [2.75, 3.05) is 20.3 Å². The van der Waals surface area contributed by atoms with Gasteiger partial charge in [0.2, 0.25) is 5.91 Å². The fourth-order valence-electron chi connectivity index (χ4n) is 4.71. The first-order valence-electron chi connectivity index (χ1n) is 11.5. The summed E-state index contributed by atoms with van der Waals surface area (Å²) in [4.78, 5) is 13.1. The minimum atomic E-state index is -0.276. The van der Waals surface area contributed by atoms with Crippen molar-refractivity contribution in [3.05, 3.63) is 53.0 Å². The van der Waals surface area contributed by atoms with Crippen LogP contribution in [0.3, 0.4) is 0 Å². The molecule has 7 nitrogen and oxygen atoms in total. The molecule has 0 saturated carbocycles. The van der Waals surface area contributed by atoms with Crippen molar-refractivity contribution in [3.63, 3.8) is 0 Å². The van der Waals surface area contributed by atoms with Crippen LogP contribution in [-0.4, -0.2) is 41.9 Å². The third kappa shape index (κ3) is 4.89. The van der Waals surface area contributed by atoms with Crippen LogP contribution in [-0.2, 0) is 22.5 Å². The lowest BCUT2D eigenvalue weighted by atomic mass is 9.94. The Labute approximate surface area is 189 Å². The lowest BCUT2D eigenvalue weighted by molar-refractivity contribution is -0.123. The molecule has 0 unspecified atom stereocenters. The van der Waals surface area contributed by atoms with Crippen molar-refractivity contribution in [2.24, 2.45) is 5.92 Å². The molecule has 3 heterocycles. The Hall–Kier alpha value is -2.64. The third-order valence-electron chi connectivity index (χ3n) is 6.08. The van der Waals surface area contributed by atoms with Crippen LogP contribution in [0.5, 0.6) is 0 Å². The van der Waals surface area contributed by atoms with Gasteiger partial charge in [0.25, 0.3) is 0 Å². The van der Waals surface area contributed by atoms with Crippen LogP contribution < -0.4 is 10.6 Å². The van der Waals surface area contributed by atoms with E-state index in [4.69, 9.17) is 9.26 Å². The van der Waals surface area contributed by atoms with E-state index in [1.165, 1.54) is 22.0 Å². The molecule has 1 aliphatic rings. The first kappa shape index (κ1) is 22.6. The number of hydrogen-bond donors (Lipinski definition) is 2. The molecule has 1 amide bonds. The topological polar surface area (TPSA) is 81.3 Å². The van der Waals surface area contributed by atoms with Crippen molar-refractivity contribution >= 4 is 16.8 Å². The zero-order valence-electron chi connectivity index (χ0n) is 19.5. The average molecular weight is 439 g/mol. The Morgan fingerprint density at radius 3 is 2.97 bits per heavy atom. The largest absolute Gasteiger partial charge is 0.385 e. The number of hydrogen-bond acceptors (Lipinski definition) is 5. The van der Waals surface area contributed by atoms with E-state index in [0.717, 1.165) is 24.3 Å². The number of benzene rings is 1. The second-order valence-electron chi connectivity index (χ2n) is 9.20. The van der Waals surface area contributed by atoms with Crippen LogP contribution in [0.2, 0.25) is 0 Å². The molecule has 0 spiro atoms. The van der Waals surface area contributed by atoms with Gasteiger partial charge in [-0.05, 0) is 49.3 Å². The molecule has 0 saturated heterocycles. The van der Waals surface area contributed by atoms with Crippen molar-refractivity contribution < 1.29 is 14.1 Å². The number of nitrogens with zero attached hydrogens (tertiary/aromatic N) is 2. The standard InChI is InChI=1S/C25H34N4O3/c1-16(2)11-21-20-7-5-8-23-24(20)18(14-29(23)15-19-12-17(3)32-28-19)13-22(27-21)25(30)26-9-6-10-31-4/h5,7-8,12,14,16,21-22,27H,6,9-11,13,15H2,1-4H3,(H,26,30)/t21-,22-/m0/s1. The number of aryl methyl sites for hydroxylation is 1. The highest BCUT2D eigenvalue weighted by Gasteiger charge is 2.30. The molecule has 4 rings (SSSR count). The minimum absolute atomic E-state index is 0.0516. The molecule has 0 fully saturated rings. The van der Waals surface area contributed by atoms with Crippen molar-refractivity contribution in [3.8, 4) is 0 Å². The van der Waals surface area contributed by atoms with Gasteiger partial charge in [0, 0.05) is 49.5 Å². The summed E-state index contributed by atoms with van der Waals surface area (Å²) in [6.07, 6.45) is 4.62. The van der Waals surface area contributed by atoms with Crippen LogP contribution in [0.1, 0.15) is 55.3 Å². The molecular weight excluding hydrogens is 404 g/mol. The van der Waals surface area contributed by atoms with Crippen molar-refractivity contribution in [1.29, 1.82) is 0 Å². The zero-order valence-corrected chi connectivity index (χ0v) is 19.5. The van der Waals surface area contributed by atoms with Gasteiger partial charge >= 0.3 is 0 Å². The first-order valence-corrected chi connectivity index (χ1v) is 11.5. The molecule has 32 heavy (non-hydrogen) atoms. The molecule has 1 aromatic carbocycles. The van der Waals surface area contributed by atoms with Gasteiger partial charge in [0.15, 0.2) is 0 Å². The highest BCUT2D eigenvalue weighted by Crippen LogP contribution is 2.36. The molecule has 0 bridgehead atoms. The summed E-state index contributed by atoms with van der Waals surface area (Å²) in [5, 5.41) is 12.2. The number of ether oxygens (including phenoxy) is 1. The summed E-state index contributed by atoms with van der Waals surface area (Å²) in [5.74, 6) is 1.37. The van der Waals surface area contributed by atoms with Gasteiger partial charge in [-0.2, -0.15) is 0 Å². The maximum atomic E-state index is 13.1. The summed E-state index contributed by atoms with van der Waals surface area (Å²) in [7, 11) is 1.68. The zero-order chi connectivity index (χ0) is 22.7. The van der Waals surface area contributed by atoms with Gasteiger partial charge in [0.05, 0.1) is 12.6 Å². The van der Waals surface area contributed by atoms with Crippen LogP contribution >= 0.6 is 0 Å². The summed E-state index contributed by atoms with van der Waals surface area (Å²) in [5.41, 5.74) is 4.55. The number of rotatable bonds is 9. The van der Waals surface area contributed by atoms with Crippen LogP contribution in [0.25, 0.3) is 10.9 Å². The van der Waals surface area contributed by atoms with E-state index in [1.807, 2.05) is 13.0 Å². The van der Waals surface area contributed by atoms with Gasteiger partial charge in [-0.1, -0.05) is 31.1 Å². The number of methoxy groups -OCH3 is 1. The second-order valence-corrected chi connectivity index (χ2v) is 9.20. The lowest BCUT2D eigenvalue weighted by Gasteiger charge is -2.25. The fraction of sp³-hybridized carbons (Fsp3) is 0.520. The van der Waals surface area contributed by atoms with E-state index in [0.29, 0.717) is 32.0 Å². The van der Waals surface area contributed by atoms with Crippen LogP contribution in [0, 0.1) is 12.8 Å². The van der Waals surface area contributed by atoms with E-state index < -0.39 is 0 Å². The number of carbonyl (C=O) groups is 1. The molecular formula is C25H34N4O3. The summed E-state index contributed by atoms with van der Waals surface area (Å²) >= 11 is 0. The normalized spacial score (nSPS) is 18.3. The molecule has 172 valence electrons. The maximum Gasteiger partial charge on any atom is 0.237 e. The second kappa shape index (κ2) is 9.88. The molecule has 7 heteroatoms. The Balaban J connectivity index is 1.67. The third-order valence-corrected chi connectivity index (χ3v) is 6.08. The number of aromatic nitrogens is 2. The van der Waals surface area contributed by atoms with Crippen LogP contribution in [0.15, 0.2) is 35.0 Å². The van der Waals surface area contributed by atoms with Gasteiger partial charge in [-0.3, -0.25) is 10.1 Å². The van der Waals surface area contributed by atoms with Crippen molar-refractivity contribution in [1.82, 2.24) is 20.4 Å². The predicted molar refractivity (Wildman–Crippen MR) is 125 cm³/mol. The van der Waals surface area contributed by atoms with E-state index in [1.54, 1.807) is 7.11 Å². The number of amides is 1. The van der Waals surface area contributed by atoms with E-state index in [9.17, 15) is 4.79 Å². The summed E-state index contributed by atoms with van der Waals surface area (Å²) < 4.78 is 12.6. The Bertz CT molecular complexity index is 1070. The summed E-state index contributed by atoms with van der Waals surface area (Å²) in [6.45, 7) is 8.27. The van der Waals surface area contributed by atoms with E-state index in [-0.39, 0.29) is 18.0 Å². The van der Waals surface area contributed by atoms with Crippen LogP contribution in [0.4, 0.5) is 0 Å². The summed E-state index contributed by atoms with van der Waals surface area (Å²) in [6, 6.07) is 8.30. The SMILES string of the molecule is COCCCNC(=O)[C@@H]1Cc2cn(Cc3cc(C)on3)c3cccc(c23)[C@H](CC(C)C)N1. The van der Waals surface area contributed by atoms with Gasteiger partial charge in [0.1, 0.15) is 11.5 Å². The van der Waals surface area contributed by atoms with Gasteiger partial charge in [-0.25, -0.2) is 0 Å². The predicted octanol–water partition coefficient (Wildman–Crippen LogP) is 3.74. The highest BCUT2D eigenvalue weighted by atomic mass is 16.5. The molecule has 2 aromatic heterocycles. The molecule has 0 radical (unpaired) electrons. The number of nitrogens with one attached hydrogen (secondary N) is 2. The van der Waals surface area contributed by atoms with Crippen molar-refractivity contribution in [2.45, 2.75) is 58.7 Å². The molecule has 3 aromatic rings. The van der Waals surface area contributed by atoms with E-state index in [2.05, 4.69) is 58.6 Å². The Morgan fingerprint density at radius 1 is 1.41 bits per heavy atom. The average Bonchev–Trinajstić information content (AvgIpc) is 3.28. The van der Waals surface area contributed by atoms with Gasteiger partial charge in [-0.15, -0.1) is 0 Å². The Morgan fingerprint density at radius 2 is 2.25 bits per heavy atom. The molecule has 0 aliphatic carbocycles. The first-order chi connectivity index (χ1) is 15.5. The lowest BCUT2D eigenvalue weighted by Crippen LogP contribution is -2.46. The molecule has 2 N–H and O–H groups in total. The smallest absolute Gasteiger partial charge is 0.237 e. The van der Waals surface area contributed by atoms with E-state index >= 15 is 0 Å². The Kier molecular flexibility index (Phi) is 6.96. The van der Waals surface area contributed by atoms with Gasteiger partial charge < -0.3 is 19.1 Å². The minimum Gasteiger partial charge on any atom is -0.385 e. The maximum absolute atomic E-state index is 13.1.